The molecule has 1 fully saturated rings. The van der Waals surface area contributed by atoms with Crippen LogP contribution in [0.4, 0.5) is 11.4 Å². The second kappa shape index (κ2) is 4.71. The summed E-state index contributed by atoms with van der Waals surface area (Å²) in [6, 6.07) is 5.76. The largest absolute Gasteiger partial charge is 0.369 e. The Morgan fingerprint density at radius 2 is 2.29 bits per heavy atom. The van der Waals surface area contributed by atoms with Crippen molar-refractivity contribution in [1.82, 2.24) is 5.32 Å². The first kappa shape index (κ1) is 11.9. The quantitative estimate of drug-likeness (QED) is 0.640. The van der Waals surface area contributed by atoms with Crippen molar-refractivity contribution in [2.45, 2.75) is 19.4 Å². The third kappa shape index (κ3) is 2.24. The summed E-state index contributed by atoms with van der Waals surface area (Å²) in [6.45, 7) is 3.69. The lowest BCUT2D eigenvalue weighted by atomic mass is 10.1. The van der Waals surface area contributed by atoms with E-state index in [1.54, 1.807) is 12.1 Å². The number of nitro groups is 1. The van der Waals surface area contributed by atoms with Crippen LogP contribution in [0.2, 0.25) is 0 Å². The highest BCUT2D eigenvalue weighted by Crippen LogP contribution is 2.30. The molecule has 2 rings (SSSR count). The molecule has 0 aliphatic carbocycles. The predicted molar refractivity (Wildman–Crippen MR) is 67.5 cm³/mol. The van der Waals surface area contributed by atoms with Crippen LogP contribution in [0.3, 0.4) is 0 Å². The van der Waals surface area contributed by atoms with Gasteiger partial charge in [0, 0.05) is 30.9 Å². The second-order valence-electron chi connectivity index (χ2n) is 4.40. The van der Waals surface area contributed by atoms with Gasteiger partial charge in [-0.1, -0.05) is 6.07 Å². The van der Waals surface area contributed by atoms with Crippen LogP contribution >= 0.6 is 0 Å². The van der Waals surface area contributed by atoms with Gasteiger partial charge in [0.05, 0.1) is 10.5 Å². The number of nitro benzene ring substituents is 1. The summed E-state index contributed by atoms with van der Waals surface area (Å²) >= 11 is 0. The average Bonchev–Trinajstić information content (AvgIpc) is 2.77. The number of likely N-dealkylation sites (N-methyl/N-ethyl adjacent to an activating group) is 1. The van der Waals surface area contributed by atoms with Crippen LogP contribution in [-0.4, -0.2) is 31.1 Å². The molecule has 0 bridgehead atoms. The summed E-state index contributed by atoms with van der Waals surface area (Å²) in [4.78, 5) is 12.8. The van der Waals surface area contributed by atoms with Gasteiger partial charge in [0.2, 0.25) is 0 Å². The van der Waals surface area contributed by atoms with Gasteiger partial charge in [0.15, 0.2) is 0 Å². The fourth-order valence-corrected chi connectivity index (χ4v) is 2.37. The minimum Gasteiger partial charge on any atom is -0.369 e. The van der Waals surface area contributed by atoms with Gasteiger partial charge in [-0.25, -0.2) is 0 Å². The third-order valence-electron chi connectivity index (χ3n) is 3.41. The van der Waals surface area contributed by atoms with E-state index in [1.807, 2.05) is 20.0 Å². The lowest BCUT2D eigenvalue weighted by Crippen LogP contribution is -2.29. The summed E-state index contributed by atoms with van der Waals surface area (Å²) < 4.78 is 0. The van der Waals surface area contributed by atoms with E-state index < -0.39 is 0 Å². The highest BCUT2D eigenvalue weighted by Gasteiger charge is 2.24. The Morgan fingerprint density at radius 1 is 1.53 bits per heavy atom. The third-order valence-corrected chi connectivity index (χ3v) is 3.41. The number of benzene rings is 1. The minimum atomic E-state index is -0.315. The van der Waals surface area contributed by atoms with Gasteiger partial charge >= 0.3 is 0 Å². The molecule has 5 nitrogen and oxygen atoms in total. The van der Waals surface area contributed by atoms with Gasteiger partial charge in [0.1, 0.15) is 0 Å². The first-order valence-electron chi connectivity index (χ1n) is 5.79. The van der Waals surface area contributed by atoms with Gasteiger partial charge in [-0.15, -0.1) is 0 Å². The molecule has 1 atom stereocenters. The van der Waals surface area contributed by atoms with Crippen molar-refractivity contribution < 1.29 is 4.92 Å². The first-order valence-corrected chi connectivity index (χ1v) is 5.79. The molecule has 1 aliphatic rings. The Morgan fingerprint density at radius 3 is 2.88 bits per heavy atom. The highest BCUT2D eigenvalue weighted by molar-refractivity contribution is 5.62. The molecular weight excluding hydrogens is 218 g/mol. The van der Waals surface area contributed by atoms with Crippen molar-refractivity contribution in [3.63, 3.8) is 0 Å². The van der Waals surface area contributed by atoms with E-state index in [-0.39, 0.29) is 10.6 Å². The van der Waals surface area contributed by atoms with Crippen LogP contribution in [0.5, 0.6) is 0 Å². The zero-order valence-corrected chi connectivity index (χ0v) is 10.1. The standard InChI is InChI=1S/C12H17N3O2/c1-9-11(4-3-5-12(9)15(16)17)14-7-6-10(8-14)13-2/h3-5,10,13H,6-8H2,1-2H3. The van der Waals surface area contributed by atoms with Crippen LogP contribution in [-0.2, 0) is 0 Å². The molecule has 1 N–H and O–H groups in total. The molecule has 0 spiro atoms. The smallest absolute Gasteiger partial charge is 0.274 e. The van der Waals surface area contributed by atoms with Gasteiger partial charge in [0.25, 0.3) is 5.69 Å². The zero-order valence-electron chi connectivity index (χ0n) is 10.1. The molecule has 17 heavy (non-hydrogen) atoms. The molecule has 0 aromatic heterocycles. The van der Waals surface area contributed by atoms with Gasteiger partial charge in [-0.05, 0) is 26.5 Å². The number of hydrogen-bond acceptors (Lipinski definition) is 4. The second-order valence-corrected chi connectivity index (χ2v) is 4.40. The lowest BCUT2D eigenvalue weighted by Gasteiger charge is -2.20. The average molecular weight is 235 g/mol. The minimum absolute atomic E-state index is 0.204. The zero-order chi connectivity index (χ0) is 12.4. The van der Waals surface area contributed by atoms with E-state index in [1.165, 1.54) is 0 Å². The van der Waals surface area contributed by atoms with Crippen LogP contribution in [0, 0.1) is 17.0 Å². The van der Waals surface area contributed by atoms with E-state index in [2.05, 4.69) is 10.2 Å². The maximum Gasteiger partial charge on any atom is 0.274 e. The van der Waals surface area contributed by atoms with Crippen molar-refractivity contribution in [3.05, 3.63) is 33.9 Å². The van der Waals surface area contributed by atoms with Gasteiger partial charge in [-0.2, -0.15) is 0 Å². The van der Waals surface area contributed by atoms with Crippen molar-refractivity contribution in [1.29, 1.82) is 0 Å². The topological polar surface area (TPSA) is 58.4 Å². The summed E-state index contributed by atoms with van der Waals surface area (Å²) in [5.41, 5.74) is 1.95. The molecule has 1 heterocycles. The summed E-state index contributed by atoms with van der Waals surface area (Å²) in [6.07, 6.45) is 1.08. The van der Waals surface area contributed by atoms with Crippen LogP contribution in [0.25, 0.3) is 0 Å². The Balaban J connectivity index is 2.28. The number of hydrogen-bond donors (Lipinski definition) is 1. The van der Waals surface area contributed by atoms with E-state index >= 15 is 0 Å². The van der Waals surface area contributed by atoms with Crippen molar-refractivity contribution in [2.75, 3.05) is 25.0 Å². The Labute approximate surface area is 101 Å². The van der Waals surface area contributed by atoms with E-state index in [0.29, 0.717) is 6.04 Å². The SMILES string of the molecule is CNC1CCN(c2cccc([N+](=O)[O-])c2C)C1. The molecule has 1 aliphatic heterocycles. The Hall–Kier alpha value is -1.62. The molecule has 0 amide bonds. The Bertz CT molecular complexity index is 434. The molecule has 5 heteroatoms. The van der Waals surface area contributed by atoms with Crippen molar-refractivity contribution in [2.24, 2.45) is 0 Å². The molecule has 1 unspecified atom stereocenters. The van der Waals surface area contributed by atoms with Crippen molar-refractivity contribution >= 4 is 11.4 Å². The van der Waals surface area contributed by atoms with E-state index in [9.17, 15) is 10.1 Å². The number of rotatable bonds is 3. The fourth-order valence-electron chi connectivity index (χ4n) is 2.37. The number of nitrogens with one attached hydrogen (secondary N) is 1. The lowest BCUT2D eigenvalue weighted by molar-refractivity contribution is -0.385. The van der Waals surface area contributed by atoms with Gasteiger partial charge in [-0.3, -0.25) is 10.1 Å². The maximum atomic E-state index is 10.9. The molecule has 1 aromatic carbocycles. The highest BCUT2D eigenvalue weighted by atomic mass is 16.6. The number of nitrogens with zero attached hydrogens (tertiary/aromatic N) is 2. The molecular formula is C12H17N3O2. The summed E-state index contributed by atoms with van der Waals surface area (Å²) in [5, 5.41) is 14.1. The van der Waals surface area contributed by atoms with Crippen molar-refractivity contribution in [3.8, 4) is 0 Å². The normalized spacial score (nSPS) is 19.6. The molecule has 1 saturated heterocycles. The summed E-state index contributed by atoms with van der Waals surface area (Å²) in [5.74, 6) is 0. The molecule has 1 aromatic rings. The van der Waals surface area contributed by atoms with Gasteiger partial charge < -0.3 is 10.2 Å². The predicted octanol–water partition coefficient (Wildman–Crippen LogP) is 1.70. The van der Waals surface area contributed by atoms with Crippen LogP contribution in [0.1, 0.15) is 12.0 Å². The fraction of sp³-hybridized carbons (Fsp3) is 0.500. The first-order chi connectivity index (χ1) is 8.13. The Kier molecular flexibility index (Phi) is 3.28. The maximum absolute atomic E-state index is 10.9. The number of anilines is 1. The molecule has 92 valence electrons. The molecule has 0 radical (unpaired) electrons. The van der Waals surface area contributed by atoms with Crippen LogP contribution in [0.15, 0.2) is 18.2 Å². The van der Waals surface area contributed by atoms with E-state index in [4.69, 9.17) is 0 Å². The summed E-state index contributed by atoms with van der Waals surface area (Å²) in [7, 11) is 1.95. The molecule has 0 saturated carbocycles. The monoisotopic (exact) mass is 235 g/mol. The van der Waals surface area contributed by atoms with Crippen LogP contribution < -0.4 is 10.2 Å². The van der Waals surface area contributed by atoms with E-state index in [0.717, 1.165) is 30.8 Å².